The van der Waals surface area contributed by atoms with Crippen LogP contribution in [-0.2, 0) is 9.53 Å². The van der Waals surface area contributed by atoms with E-state index in [0.717, 1.165) is 8.57 Å². The molecule has 0 radical (unpaired) electrons. The number of rotatable bonds is 5. The molecular formula is C15H20INO4S. The van der Waals surface area contributed by atoms with Crippen molar-refractivity contribution in [3.8, 4) is 0 Å². The molecule has 0 aromatic carbocycles. The van der Waals surface area contributed by atoms with Crippen LogP contribution in [0, 0.1) is 3.57 Å². The predicted molar refractivity (Wildman–Crippen MR) is 96.6 cm³/mol. The third-order valence-corrected chi connectivity index (χ3v) is 4.81. The van der Waals surface area contributed by atoms with Crippen LogP contribution in [0.2, 0.25) is 0 Å². The van der Waals surface area contributed by atoms with E-state index >= 15 is 0 Å². The first-order valence-electron chi connectivity index (χ1n) is 6.81. The van der Waals surface area contributed by atoms with Gasteiger partial charge in [-0.2, -0.15) is 0 Å². The molecule has 5 nitrogen and oxygen atoms in total. The largest absolute Gasteiger partial charge is 0.478 e. The third kappa shape index (κ3) is 5.60. The van der Waals surface area contributed by atoms with E-state index in [4.69, 9.17) is 9.84 Å². The van der Waals surface area contributed by atoms with Gasteiger partial charge in [0.15, 0.2) is 0 Å². The van der Waals surface area contributed by atoms with Crippen LogP contribution in [0.4, 0.5) is 9.80 Å². The monoisotopic (exact) mass is 437 g/mol. The number of nitrogens with zero attached hydrogens (tertiary/aromatic N) is 1. The van der Waals surface area contributed by atoms with Gasteiger partial charge in [0.25, 0.3) is 0 Å². The molecule has 0 fully saturated rings. The number of anilines is 1. The Bertz CT molecular complexity index is 574. The lowest BCUT2D eigenvalue weighted by Gasteiger charge is -2.26. The lowest BCUT2D eigenvalue weighted by Crippen LogP contribution is -2.37. The van der Waals surface area contributed by atoms with Crippen LogP contribution in [0.15, 0.2) is 23.1 Å². The van der Waals surface area contributed by atoms with Gasteiger partial charge in [-0.25, -0.2) is 9.59 Å². The summed E-state index contributed by atoms with van der Waals surface area (Å²) in [4.78, 5) is 25.0. The molecule has 0 saturated heterocycles. The maximum atomic E-state index is 12.4. The average Bonchev–Trinajstić information content (AvgIpc) is 2.78. The van der Waals surface area contributed by atoms with Gasteiger partial charge in [-0.05, 0) is 61.2 Å². The Labute approximate surface area is 148 Å². The van der Waals surface area contributed by atoms with Crippen LogP contribution in [-0.4, -0.2) is 29.3 Å². The number of hydrogen-bond donors (Lipinski definition) is 1. The van der Waals surface area contributed by atoms with E-state index in [1.54, 1.807) is 33.8 Å². The van der Waals surface area contributed by atoms with E-state index in [-0.39, 0.29) is 12.1 Å². The molecule has 0 bridgehead atoms. The van der Waals surface area contributed by atoms with Crippen molar-refractivity contribution in [3.63, 3.8) is 0 Å². The van der Waals surface area contributed by atoms with Crippen molar-refractivity contribution in [3.05, 3.63) is 26.7 Å². The van der Waals surface area contributed by atoms with Crippen LogP contribution in [0.5, 0.6) is 0 Å². The Morgan fingerprint density at radius 3 is 2.50 bits per heavy atom. The van der Waals surface area contributed by atoms with Crippen molar-refractivity contribution in [2.75, 3.05) is 11.4 Å². The maximum absolute atomic E-state index is 12.4. The third-order valence-electron chi connectivity index (χ3n) is 2.63. The maximum Gasteiger partial charge on any atom is 0.415 e. The summed E-state index contributed by atoms with van der Waals surface area (Å²) in [5, 5.41) is 11.7. The number of carboxylic acids is 1. The van der Waals surface area contributed by atoms with Crippen molar-refractivity contribution in [1.29, 1.82) is 0 Å². The van der Waals surface area contributed by atoms with E-state index in [1.165, 1.54) is 16.2 Å². The summed E-state index contributed by atoms with van der Waals surface area (Å²) in [6.45, 7) is 7.33. The van der Waals surface area contributed by atoms with Crippen LogP contribution in [0.3, 0.4) is 0 Å². The van der Waals surface area contributed by atoms with Crippen molar-refractivity contribution < 1.29 is 19.4 Å². The SMILES string of the molecule is CC/C(=C\CN(C(=O)OC(C)(C)C)c1sccc1I)C(=O)O. The fourth-order valence-corrected chi connectivity index (χ4v) is 3.51. The van der Waals surface area contributed by atoms with Crippen LogP contribution in [0.25, 0.3) is 0 Å². The van der Waals surface area contributed by atoms with Gasteiger partial charge in [0.2, 0.25) is 0 Å². The zero-order chi connectivity index (χ0) is 16.9. The van der Waals surface area contributed by atoms with Gasteiger partial charge in [-0.15, -0.1) is 11.3 Å². The fourth-order valence-electron chi connectivity index (χ4n) is 1.62. The Kier molecular flexibility index (Phi) is 6.86. The fraction of sp³-hybridized carbons (Fsp3) is 0.467. The Morgan fingerprint density at radius 2 is 2.09 bits per heavy atom. The number of carbonyl (C=O) groups excluding carboxylic acids is 1. The molecule has 0 aliphatic carbocycles. The first kappa shape index (κ1) is 19.0. The zero-order valence-electron chi connectivity index (χ0n) is 13.1. The number of ether oxygens (including phenoxy) is 1. The molecule has 0 saturated carbocycles. The van der Waals surface area contributed by atoms with E-state index in [0.29, 0.717) is 6.42 Å². The number of carboxylic acid groups (broad SMARTS) is 1. The predicted octanol–water partition coefficient (Wildman–Crippen LogP) is 4.52. The molecule has 7 heteroatoms. The number of carbonyl (C=O) groups is 2. The summed E-state index contributed by atoms with van der Waals surface area (Å²) in [5.74, 6) is -0.965. The summed E-state index contributed by atoms with van der Waals surface area (Å²) in [6.07, 6.45) is 1.48. The van der Waals surface area contributed by atoms with E-state index in [2.05, 4.69) is 22.6 Å². The van der Waals surface area contributed by atoms with Gasteiger partial charge >= 0.3 is 12.1 Å². The number of hydrogen-bond acceptors (Lipinski definition) is 4. The first-order valence-corrected chi connectivity index (χ1v) is 8.77. The summed E-state index contributed by atoms with van der Waals surface area (Å²) in [7, 11) is 0. The van der Waals surface area contributed by atoms with Gasteiger partial charge < -0.3 is 9.84 Å². The molecule has 1 amide bonds. The number of thiophene rings is 1. The molecule has 22 heavy (non-hydrogen) atoms. The molecule has 122 valence electrons. The highest BCUT2D eigenvalue weighted by atomic mass is 127. The summed E-state index contributed by atoms with van der Waals surface area (Å²) in [5.41, 5.74) is -0.331. The number of amides is 1. The molecular weight excluding hydrogens is 417 g/mol. The quantitative estimate of drug-likeness (QED) is 0.544. The second-order valence-electron chi connectivity index (χ2n) is 5.55. The van der Waals surface area contributed by atoms with Crippen LogP contribution >= 0.6 is 33.9 Å². The molecule has 1 heterocycles. The first-order chi connectivity index (χ1) is 10.2. The smallest absolute Gasteiger partial charge is 0.415 e. The van der Waals surface area contributed by atoms with Crippen molar-refractivity contribution in [1.82, 2.24) is 0 Å². The Balaban J connectivity index is 3.05. The van der Waals surface area contributed by atoms with Crippen molar-refractivity contribution >= 4 is 51.0 Å². The highest BCUT2D eigenvalue weighted by Gasteiger charge is 2.25. The highest BCUT2D eigenvalue weighted by Crippen LogP contribution is 2.30. The Morgan fingerprint density at radius 1 is 1.45 bits per heavy atom. The molecule has 0 unspecified atom stereocenters. The molecule has 1 aromatic heterocycles. The van der Waals surface area contributed by atoms with Gasteiger partial charge in [-0.1, -0.05) is 13.0 Å². The normalized spacial score (nSPS) is 12.1. The zero-order valence-corrected chi connectivity index (χ0v) is 16.0. The lowest BCUT2D eigenvalue weighted by atomic mass is 10.2. The minimum atomic E-state index is -0.965. The van der Waals surface area contributed by atoms with Gasteiger partial charge in [-0.3, -0.25) is 4.90 Å². The van der Waals surface area contributed by atoms with Crippen LogP contribution < -0.4 is 4.90 Å². The lowest BCUT2D eigenvalue weighted by molar-refractivity contribution is -0.132. The van der Waals surface area contributed by atoms with E-state index in [9.17, 15) is 9.59 Å². The van der Waals surface area contributed by atoms with Crippen molar-refractivity contribution in [2.45, 2.75) is 39.7 Å². The summed E-state index contributed by atoms with van der Waals surface area (Å²) < 4.78 is 6.34. The molecule has 0 aliphatic heterocycles. The molecule has 0 atom stereocenters. The minimum absolute atomic E-state index is 0.168. The van der Waals surface area contributed by atoms with Gasteiger partial charge in [0.1, 0.15) is 10.6 Å². The average molecular weight is 437 g/mol. The second kappa shape index (κ2) is 7.96. The summed E-state index contributed by atoms with van der Waals surface area (Å²) >= 11 is 3.57. The van der Waals surface area contributed by atoms with Crippen molar-refractivity contribution in [2.24, 2.45) is 0 Å². The topological polar surface area (TPSA) is 66.8 Å². The standard InChI is InChI=1S/C15H20INO4S/c1-5-10(13(18)19)6-8-17(12-11(16)7-9-22-12)14(20)21-15(2,3)4/h6-7,9H,5,8H2,1-4H3,(H,18,19)/b10-6+. The molecule has 0 spiro atoms. The summed E-state index contributed by atoms with van der Waals surface area (Å²) in [6, 6.07) is 1.90. The highest BCUT2D eigenvalue weighted by molar-refractivity contribution is 14.1. The van der Waals surface area contributed by atoms with E-state index < -0.39 is 17.7 Å². The Hall–Kier alpha value is -1.09. The van der Waals surface area contributed by atoms with Gasteiger partial charge in [0, 0.05) is 15.7 Å². The molecule has 1 rings (SSSR count). The molecule has 1 N–H and O–H groups in total. The van der Waals surface area contributed by atoms with Gasteiger partial charge in [0.05, 0.1) is 0 Å². The molecule has 1 aromatic rings. The van der Waals surface area contributed by atoms with E-state index in [1.807, 2.05) is 11.4 Å². The molecule has 0 aliphatic rings. The van der Waals surface area contributed by atoms with Crippen LogP contribution in [0.1, 0.15) is 34.1 Å². The second-order valence-corrected chi connectivity index (χ2v) is 7.61. The minimum Gasteiger partial charge on any atom is -0.478 e. The number of aliphatic carboxylic acids is 1. The number of halogens is 1.